The van der Waals surface area contributed by atoms with Crippen molar-refractivity contribution >= 4 is 183 Å². The summed E-state index contributed by atoms with van der Waals surface area (Å²) in [6.45, 7) is 14.3. The minimum absolute atomic E-state index is 0.0121. The van der Waals surface area contributed by atoms with E-state index in [-0.39, 0.29) is 164 Å². The summed E-state index contributed by atoms with van der Waals surface area (Å²) in [7, 11) is 8.29. The summed E-state index contributed by atoms with van der Waals surface area (Å²) in [5.74, 6) is -2.00. The number of hydrogen-bond donors (Lipinski definition) is 0. The van der Waals surface area contributed by atoms with E-state index >= 15 is 0 Å². The number of halogens is 20. The van der Waals surface area contributed by atoms with Crippen LogP contribution in [0.2, 0.25) is 40.2 Å². The van der Waals surface area contributed by atoms with Gasteiger partial charge in [0.05, 0.1) is 88.2 Å². The van der Waals surface area contributed by atoms with Crippen LogP contribution in [0.15, 0.2) is 121 Å². The lowest BCUT2D eigenvalue weighted by Gasteiger charge is -2.36. The zero-order valence-electron chi connectivity index (χ0n) is 78.6. The number of nitrogens with zero attached hydrogens (tertiary/aromatic N) is 8. The molecule has 4 fully saturated rings. The van der Waals surface area contributed by atoms with Gasteiger partial charge < -0.3 is 52.2 Å². The molecule has 750 valence electrons. The summed E-state index contributed by atoms with van der Waals surface area (Å²) < 4.78 is 174. The minimum atomic E-state index is -4.68. The molecule has 16 rings (SSSR count). The van der Waals surface area contributed by atoms with Crippen LogP contribution in [-0.4, -0.2) is 144 Å². The van der Waals surface area contributed by atoms with Crippen LogP contribution in [-0.2, 0) is 91.6 Å². The van der Waals surface area contributed by atoms with Crippen molar-refractivity contribution in [3.05, 3.63) is 268 Å². The molecule has 0 saturated carbocycles. The molecule has 12 aromatic rings. The summed E-state index contributed by atoms with van der Waals surface area (Å²) >= 11 is 52.4. The second-order valence-electron chi connectivity index (χ2n) is 36.8. The molecule has 0 unspecified atom stereocenters. The molecule has 37 heteroatoms. The van der Waals surface area contributed by atoms with Gasteiger partial charge in [0.25, 0.3) is 23.6 Å². The number of carbonyl (C=O) groups excluding carboxylic acids is 8. The van der Waals surface area contributed by atoms with Crippen LogP contribution < -0.4 is 4.74 Å². The van der Waals surface area contributed by atoms with Gasteiger partial charge >= 0.3 is 18.5 Å². The molecule has 17 nitrogen and oxygen atoms in total. The van der Waals surface area contributed by atoms with Crippen LogP contribution in [0.4, 0.5) is 52.7 Å². The van der Waals surface area contributed by atoms with Gasteiger partial charge in [0.1, 0.15) is 46.3 Å². The average Bonchev–Trinajstić information content (AvgIpc) is 1.53. The number of hydrogen-bond acceptors (Lipinski definition) is 9. The lowest BCUT2D eigenvalue weighted by Crippen LogP contribution is -2.44. The topological polar surface area (TPSA) is 178 Å². The Morgan fingerprint density at radius 3 is 0.908 bits per heavy atom. The molecule has 8 aromatic carbocycles. The van der Waals surface area contributed by atoms with Crippen LogP contribution in [0.25, 0.3) is 43.6 Å². The predicted octanol–water partition coefficient (Wildman–Crippen LogP) is 26.9. The maximum absolute atomic E-state index is 14.5. The van der Waals surface area contributed by atoms with Crippen LogP contribution in [0.3, 0.4) is 0 Å². The standard InChI is InChI=1S/C27H30Cl2N2O3.2C26H24Cl2F4N2O2.C25H22Cl2F4N2O2/c1-16-11-20(34-4)15-25-22(16)13-19(30(25)3)14-23-24(28)6-5-21(26(23)29)27(33)31-9-7-18(8-10-31)12-17(2)32;1-13-12-34(7-6-17(13)14(2)35)25(36)18-4-5-21(27)19(24(18)28)10-16-11-20-22(29)8-15(26(30,31)32)9-23(20)33(16)3;1-14(35)9-15-5-7-34(8-6-15)25(36)18-3-4-21(27)19(24(18)28)12-17-13-20-22(29)10-16(26(30,31)32)11-23(20)33(17)2;1-13(34)14-5-7-33(8-6-14)24(35)17-3-4-20(26)18(23(17)27)11-16-12-19-21(28)9-15(25(29,30)31)10-22(19)32(16)2/h5-6,11,13,15,18H,7-10,12,14H2,1-4H3;4-5,8-9,11,13,17H,6-7,10,12H2,1-3H3;3-4,10-11,13,15H,5-9,12H2,1-2H3;3-4,9-10,12,14H,5-8,11H2,1-2H3/t;13-,17+;;/m.1../s1. The molecule has 0 bridgehead atoms. The van der Waals surface area contributed by atoms with Crippen LogP contribution in [0.1, 0.15) is 201 Å². The largest absolute Gasteiger partial charge is 0.497 e. The third kappa shape index (κ3) is 24.1. The molecule has 4 aliphatic rings. The van der Waals surface area contributed by atoms with Crippen molar-refractivity contribution in [3.8, 4) is 5.75 Å². The van der Waals surface area contributed by atoms with Gasteiger partial charge in [-0.25, -0.2) is 13.2 Å². The Kier molecular flexibility index (Phi) is 33.8. The maximum atomic E-state index is 14.5. The van der Waals surface area contributed by atoms with Gasteiger partial charge in [-0.05, 0) is 240 Å². The van der Waals surface area contributed by atoms with Crippen LogP contribution >= 0.6 is 92.8 Å². The van der Waals surface area contributed by atoms with Gasteiger partial charge in [-0.1, -0.05) is 99.7 Å². The molecule has 0 radical (unpaired) electrons. The van der Waals surface area contributed by atoms with E-state index in [2.05, 4.69) is 17.6 Å². The number of ketones is 4. The Morgan fingerprint density at radius 2 is 0.638 bits per heavy atom. The average molecular weight is 2120 g/mol. The molecule has 2 atom stereocenters. The molecule has 141 heavy (non-hydrogen) atoms. The fourth-order valence-electron chi connectivity index (χ4n) is 19.3. The van der Waals surface area contributed by atoms with Crippen LogP contribution in [0.5, 0.6) is 5.75 Å². The number of carbonyl (C=O) groups is 8. The zero-order chi connectivity index (χ0) is 103. The number of Topliss-reactive ketones (excluding diaryl/α,β-unsaturated/α-hetero) is 4. The highest BCUT2D eigenvalue weighted by Crippen LogP contribution is 2.44. The molecule has 4 aromatic heterocycles. The van der Waals surface area contributed by atoms with E-state index in [1.54, 1.807) is 93.0 Å². The van der Waals surface area contributed by atoms with Gasteiger partial charge in [0.15, 0.2) is 0 Å². The highest BCUT2D eigenvalue weighted by molar-refractivity contribution is 6.40. The monoisotopic (exact) mass is 2110 g/mol. The van der Waals surface area contributed by atoms with Crippen molar-refractivity contribution in [2.24, 2.45) is 57.8 Å². The summed E-state index contributed by atoms with van der Waals surface area (Å²) in [5.41, 5.74) is 4.96. The van der Waals surface area contributed by atoms with Crippen molar-refractivity contribution in [1.82, 2.24) is 37.9 Å². The summed E-state index contributed by atoms with van der Waals surface area (Å²) in [6.07, 6.45) is -7.34. The molecule has 4 saturated heterocycles. The lowest BCUT2D eigenvalue weighted by molar-refractivity contribution is -0.138. The first-order valence-corrected chi connectivity index (χ1v) is 48.5. The number of ether oxygens (including phenoxy) is 1. The zero-order valence-corrected chi connectivity index (χ0v) is 84.6. The number of aryl methyl sites for hydroxylation is 5. The Hall–Kier alpha value is -10.2. The van der Waals surface area contributed by atoms with E-state index in [0.717, 1.165) is 77.4 Å². The van der Waals surface area contributed by atoms with Gasteiger partial charge in [-0.3, -0.25) is 28.8 Å². The Bertz CT molecular complexity index is 6920. The number of likely N-dealkylation sites (tertiary alicyclic amines) is 4. The number of methoxy groups -OCH3 is 1. The van der Waals surface area contributed by atoms with Crippen molar-refractivity contribution in [2.45, 2.75) is 144 Å². The highest BCUT2D eigenvalue weighted by Gasteiger charge is 2.40. The van der Waals surface area contributed by atoms with Crippen LogP contribution in [0, 0.1) is 54.0 Å². The van der Waals surface area contributed by atoms with E-state index in [0.29, 0.717) is 169 Å². The van der Waals surface area contributed by atoms with Crippen molar-refractivity contribution in [2.75, 3.05) is 59.5 Å². The lowest BCUT2D eigenvalue weighted by atomic mass is 9.84. The fourth-order valence-corrected chi connectivity index (χ4v) is 21.6. The van der Waals surface area contributed by atoms with E-state index < -0.39 is 52.7 Å². The maximum Gasteiger partial charge on any atom is 0.416 e. The second kappa shape index (κ2) is 44.1. The third-order valence-electron chi connectivity index (χ3n) is 27.4. The minimum Gasteiger partial charge on any atom is -0.497 e. The normalized spacial score (nSPS) is 15.9. The molecule has 8 heterocycles. The number of benzene rings is 8. The molecule has 0 aliphatic carbocycles. The Balaban J connectivity index is 0.000000158. The molecule has 0 spiro atoms. The van der Waals surface area contributed by atoms with Gasteiger partial charge in [0, 0.05) is 201 Å². The van der Waals surface area contributed by atoms with Crippen molar-refractivity contribution < 1.29 is 95.8 Å². The van der Waals surface area contributed by atoms with Crippen molar-refractivity contribution in [1.29, 1.82) is 0 Å². The molecule has 0 N–H and O–H groups in total. The number of amides is 4. The Morgan fingerprint density at radius 1 is 0.362 bits per heavy atom. The van der Waals surface area contributed by atoms with E-state index in [1.165, 1.54) is 58.1 Å². The van der Waals surface area contributed by atoms with Crippen molar-refractivity contribution in [3.63, 3.8) is 0 Å². The first kappa shape index (κ1) is 108. The second-order valence-corrected chi connectivity index (χ2v) is 39.9. The van der Waals surface area contributed by atoms with E-state index in [1.807, 2.05) is 31.0 Å². The molecule has 4 aliphatic heterocycles. The number of piperidine rings is 4. The Labute approximate surface area is 846 Å². The van der Waals surface area contributed by atoms with E-state index in [9.17, 15) is 91.0 Å². The predicted molar refractivity (Wildman–Crippen MR) is 526 cm³/mol. The molecular weight excluding hydrogens is 2020 g/mol. The first-order chi connectivity index (χ1) is 66.2. The van der Waals surface area contributed by atoms with E-state index in [4.69, 9.17) is 97.5 Å². The summed E-state index contributed by atoms with van der Waals surface area (Å²) in [4.78, 5) is 106. The summed E-state index contributed by atoms with van der Waals surface area (Å²) in [5, 5.41) is 3.51. The number of alkyl halides is 9. The van der Waals surface area contributed by atoms with Gasteiger partial charge in [-0.15, -0.1) is 0 Å². The SMILES string of the molecule is CC(=O)C1CCN(C(=O)c2ccc(Cl)c(Cc3cc4c(F)cc(C(F)(F)F)cc4n3C)c2Cl)CC1.CC(=O)CC1CCN(C(=O)c2ccc(Cl)c(Cc3cc4c(F)cc(C(F)(F)F)cc4n3C)c2Cl)CC1.CC(=O)[C@H]1CCN(C(=O)c2ccc(Cl)c(Cc3cc4c(F)cc(C(F)(F)F)cc4n3C)c2Cl)C[C@H]1C.COc1cc(C)c2cc(Cc3c(Cl)ccc(C(=O)N4CCC(CC(C)=O)CC4)c3Cl)n(C)c2c1. The number of rotatable bonds is 19. The number of aromatic nitrogens is 4. The number of fused-ring (bicyclic) bond motifs is 4. The quantitative estimate of drug-likeness (QED) is 0.0712. The summed E-state index contributed by atoms with van der Waals surface area (Å²) in [6, 6.07) is 27.4. The first-order valence-electron chi connectivity index (χ1n) is 45.5. The fraction of sp³-hybridized carbons (Fsp3) is 0.385. The smallest absolute Gasteiger partial charge is 0.416 e. The third-order valence-corrected chi connectivity index (χ3v) is 30.6. The molecular formula is C104H100Cl8F12N8O9. The molecule has 4 amide bonds. The van der Waals surface area contributed by atoms with Gasteiger partial charge in [-0.2, -0.15) is 39.5 Å². The van der Waals surface area contributed by atoms with Gasteiger partial charge in [0.2, 0.25) is 0 Å². The highest BCUT2D eigenvalue weighted by atomic mass is 35.5.